The molecule has 4 aromatic rings. The van der Waals surface area contributed by atoms with E-state index in [-0.39, 0.29) is 17.9 Å². The molecule has 1 aliphatic heterocycles. The van der Waals surface area contributed by atoms with Crippen LogP contribution in [0.2, 0.25) is 0 Å². The van der Waals surface area contributed by atoms with Gasteiger partial charge in [0.2, 0.25) is 5.91 Å². The number of amides is 1. The molecule has 1 aliphatic rings. The van der Waals surface area contributed by atoms with Gasteiger partial charge in [0.1, 0.15) is 5.75 Å². The molecule has 0 radical (unpaired) electrons. The van der Waals surface area contributed by atoms with Gasteiger partial charge in [0, 0.05) is 17.4 Å². The van der Waals surface area contributed by atoms with Gasteiger partial charge in [-0.2, -0.15) is 0 Å². The van der Waals surface area contributed by atoms with Crippen molar-refractivity contribution in [1.29, 1.82) is 0 Å². The van der Waals surface area contributed by atoms with Crippen molar-refractivity contribution in [2.24, 2.45) is 5.92 Å². The molecule has 1 fully saturated rings. The van der Waals surface area contributed by atoms with E-state index >= 15 is 0 Å². The lowest BCUT2D eigenvalue weighted by Crippen LogP contribution is -2.55. The molecule has 1 aromatic heterocycles. The predicted molar refractivity (Wildman–Crippen MR) is 124 cm³/mol. The van der Waals surface area contributed by atoms with Crippen LogP contribution in [0.15, 0.2) is 85.1 Å². The summed E-state index contributed by atoms with van der Waals surface area (Å²) in [5.41, 5.74) is 4.60. The molecule has 0 aliphatic carbocycles. The second-order valence-electron chi connectivity index (χ2n) is 8.16. The lowest BCUT2D eigenvalue weighted by molar-refractivity contribution is -0.130. The highest BCUT2D eigenvalue weighted by Crippen LogP contribution is 2.45. The van der Waals surface area contributed by atoms with Crippen molar-refractivity contribution < 1.29 is 9.53 Å². The van der Waals surface area contributed by atoms with E-state index < -0.39 is 0 Å². The molecule has 3 aromatic carbocycles. The average Bonchev–Trinajstić information content (AvgIpc) is 3.29. The summed E-state index contributed by atoms with van der Waals surface area (Å²) in [5, 5.41) is 1.24. The average molecular weight is 411 g/mol. The maximum atomic E-state index is 13.1. The molecular weight excluding hydrogens is 384 g/mol. The lowest BCUT2D eigenvalue weighted by atomic mass is 9.78. The summed E-state index contributed by atoms with van der Waals surface area (Å²) < 4.78 is 5.32. The number of nitrogens with one attached hydrogen (secondary N) is 1. The van der Waals surface area contributed by atoms with Crippen molar-refractivity contribution >= 4 is 22.5 Å². The van der Waals surface area contributed by atoms with E-state index in [1.54, 1.807) is 7.11 Å². The number of nitrogens with zero attached hydrogens (tertiary/aromatic N) is 1. The van der Waals surface area contributed by atoms with Crippen LogP contribution in [0.25, 0.3) is 10.9 Å². The normalized spacial score (nSPS) is 18.2. The van der Waals surface area contributed by atoms with Crippen LogP contribution in [0.3, 0.4) is 0 Å². The topological polar surface area (TPSA) is 45.3 Å². The third-order valence-electron chi connectivity index (χ3n) is 6.30. The first-order valence-electron chi connectivity index (χ1n) is 10.8. The second-order valence-corrected chi connectivity index (χ2v) is 8.16. The fourth-order valence-electron chi connectivity index (χ4n) is 4.67. The number of carbonyl (C=O) groups excluding carboxylic acids is 1. The molecule has 1 N–H and O–H groups in total. The lowest BCUT2D eigenvalue weighted by Gasteiger charge is -2.47. The minimum atomic E-state index is 0.00425. The Balaban J connectivity index is 1.33. The summed E-state index contributed by atoms with van der Waals surface area (Å²) in [5.74, 6) is 1.05. The Morgan fingerprint density at radius 2 is 1.77 bits per heavy atom. The van der Waals surface area contributed by atoms with Gasteiger partial charge in [0.25, 0.3) is 0 Å². The number of β-lactam (4-membered cyclic amide) rings is 1. The number of aromatic amines is 1. The summed E-state index contributed by atoms with van der Waals surface area (Å²) in [6, 6.07) is 26.8. The molecular formula is C27H26N2O2. The molecule has 2 atom stereocenters. The van der Waals surface area contributed by atoms with Crippen LogP contribution in [0.1, 0.15) is 30.0 Å². The van der Waals surface area contributed by atoms with Crippen LogP contribution >= 0.6 is 0 Å². The van der Waals surface area contributed by atoms with Gasteiger partial charge in [-0.25, -0.2) is 0 Å². The molecule has 156 valence electrons. The summed E-state index contributed by atoms with van der Waals surface area (Å²) in [4.78, 5) is 18.3. The van der Waals surface area contributed by atoms with Crippen molar-refractivity contribution in [1.82, 2.24) is 4.98 Å². The van der Waals surface area contributed by atoms with Gasteiger partial charge in [-0.1, -0.05) is 36.4 Å². The van der Waals surface area contributed by atoms with E-state index in [0.29, 0.717) is 0 Å². The van der Waals surface area contributed by atoms with E-state index in [1.807, 2.05) is 53.6 Å². The van der Waals surface area contributed by atoms with Crippen LogP contribution in [0.5, 0.6) is 5.75 Å². The van der Waals surface area contributed by atoms with E-state index in [2.05, 4.69) is 41.4 Å². The van der Waals surface area contributed by atoms with Crippen LogP contribution in [0, 0.1) is 5.92 Å². The van der Waals surface area contributed by atoms with Crippen molar-refractivity contribution in [3.8, 4) is 5.75 Å². The first-order chi connectivity index (χ1) is 15.2. The molecule has 0 unspecified atom stereocenters. The van der Waals surface area contributed by atoms with Crippen LogP contribution < -0.4 is 9.64 Å². The van der Waals surface area contributed by atoms with Crippen molar-refractivity contribution in [2.75, 3.05) is 12.0 Å². The summed E-state index contributed by atoms with van der Waals surface area (Å²) in [6.07, 6.45) is 4.82. The molecule has 1 amide bonds. The highest BCUT2D eigenvalue weighted by atomic mass is 16.5. The third kappa shape index (κ3) is 3.70. The zero-order valence-corrected chi connectivity index (χ0v) is 17.6. The van der Waals surface area contributed by atoms with Gasteiger partial charge in [-0.3, -0.25) is 4.79 Å². The van der Waals surface area contributed by atoms with E-state index in [4.69, 9.17) is 4.74 Å². The minimum absolute atomic E-state index is 0.00425. The first-order valence-corrected chi connectivity index (χ1v) is 10.8. The van der Waals surface area contributed by atoms with Crippen molar-refractivity contribution in [2.45, 2.75) is 25.3 Å². The predicted octanol–water partition coefficient (Wildman–Crippen LogP) is 5.90. The highest BCUT2D eigenvalue weighted by molar-refractivity contribution is 6.03. The number of H-pyrrole nitrogens is 1. The third-order valence-corrected chi connectivity index (χ3v) is 6.30. The molecule has 4 heteroatoms. The number of rotatable bonds is 7. The molecule has 31 heavy (non-hydrogen) atoms. The molecule has 2 heterocycles. The Morgan fingerprint density at radius 1 is 0.968 bits per heavy atom. The fraction of sp³-hybridized carbons (Fsp3) is 0.222. The smallest absolute Gasteiger partial charge is 0.233 e. The molecule has 0 bridgehead atoms. The molecule has 1 saturated heterocycles. The number of para-hydroxylation sites is 1. The number of benzene rings is 3. The van der Waals surface area contributed by atoms with Crippen LogP contribution in [-0.2, 0) is 11.2 Å². The Hall–Kier alpha value is -3.53. The highest BCUT2D eigenvalue weighted by Gasteiger charge is 2.48. The number of carbonyl (C=O) groups is 1. The molecule has 5 rings (SSSR count). The van der Waals surface area contributed by atoms with Crippen molar-refractivity contribution in [3.63, 3.8) is 0 Å². The number of ether oxygens (including phenoxy) is 1. The maximum Gasteiger partial charge on any atom is 0.233 e. The van der Waals surface area contributed by atoms with Gasteiger partial charge in [-0.15, -0.1) is 0 Å². The number of anilines is 1. The Labute approximate surface area is 182 Å². The zero-order valence-electron chi connectivity index (χ0n) is 17.6. The number of aromatic nitrogens is 1. The number of aryl methyl sites for hydroxylation is 1. The van der Waals surface area contributed by atoms with Gasteiger partial charge in [-0.05, 0) is 78.2 Å². The van der Waals surface area contributed by atoms with E-state index in [9.17, 15) is 4.79 Å². The van der Waals surface area contributed by atoms with Crippen LogP contribution in [-0.4, -0.2) is 18.0 Å². The number of hydrogen-bond acceptors (Lipinski definition) is 2. The second kappa shape index (κ2) is 8.31. The SMILES string of the molecule is COc1ccc([C@@H]2[C@@H](CCCc3ccc4[nH]ccc4c3)C(=O)N2c2ccccc2)cc1. The number of methoxy groups -OCH3 is 1. The van der Waals surface area contributed by atoms with E-state index in [0.717, 1.165) is 41.8 Å². The minimum Gasteiger partial charge on any atom is -0.497 e. The Bertz CT molecular complexity index is 1180. The van der Waals surface area contributed by atoms with Gasteiger partial charge in [0.05, 0.1) is 19.1 Å². The Morgan fingerprint density at radius 3 is 2.55 bits per heavy atom. The quantitative estimate of drug-likeness (QED) is 0.385. The van der Waals surface area contributed by atoms with Gasteiger partial charge < -0.3 is 14.6 Å². The molecule has 0 saturated carbocycles. The number of fused-ring (bicyclic) bond motifs is 1. The molecule has 4 nitrogen and oxygen atoms in total. The standard InChI is InChI=1S/C27H26N2O2/c1-31-23-13-11-20(12-14-23)26-24(27(30)29(26)22-7-3-2-4-8-22)9-5-6-19-10-15-25-21(18-19)16-17-28-25/h2-4,7-8,10-18,24,26,28H,5-6,9H2,1H3/t24-,26-/m1/s1. The summed E-state index contributed by atoms with van der Waals surface area (Å²) in [6.45, 7) is 0. The van der Waals surface area contributed by atoms with Crippen molar-refractivity contribution in [3.05, 3.63) is 96.2 Å². The van der Waals surface area contributed by atoms with Crippen LogP contribution in [0.4, 0.5) is 5.69 Å². The summed E-state index contributed by atoms with van der Waals surface area (Å²) in [7, 11) is 1.67. The first kappa shape index (κ1) is 19.4. The maximum absolute atomic E-state index is 13.1. The monoisotopic (exact) mass is 410 g/mol. The largest absolute Gasteiger partial charge is 0.497 e. The zero-order chi connectivity index (χ0) is 21.2. The van der Waals surface area contributed by atoms with E-state index in [1.165, 1.54) is 10.9 Å². The summed E-state index contributed by atoms with van der Waals surface area (Å²) >= 11 is 0. The molecule has 0 spiro atoms. The van der Waals surface area contributed by atoms with Gasteiger partial charge >= 0.3 is 0 Å². The fourth-order valence-corrected chi connectivity index (χ4v) is 4.67. The Kier molecular flexibility index (Phi) is 5.21. The van der Waals surface area contributed by atoms with Gasteiger partial charge in [0.15, 0.2) is 0 Å². The number of hydrogen-bond donors (Lipinski definition) is 1.